The first-order valence-corrected chi connectivity index (χ1v) is 8.28. The average molecular weight is 319 g/mol. The molecule has 5 heteroatoms. The van der Waals surface area contributed by atoms with Gasteiger partial charge in [0, 0.05) is 20.0 Å². The van der Waals surface area contributed by atoms with Crippen LogP contribution in [0.2, 0.25) is 0 Å². The van der Waals surface area contributed by atoms with Gasteiger partial charge in [0.15, 0.2) is 6.29 Å². The van der Waals surface area contributed by atoms with E-state index < -0.39 is 18.4 Å². The summed E-state index contributed by atoms with van der Waals surface area (Å²) in [6.45, 7) is 1.44. The molecule has 6 atom stereocenters. The lowest BCUT2D eigenvalue weighted by molar-refractivity contribution is -0.250. The normalized spacial score (nSPS) is 37.0. The number of amides is 1. The van der Waals surface area contributed by atoms with Crippen LogP contribution in [0.15, 0.2) is 30.3 Å². The lowest BCUT2D eigenvalue weighted by Gasteiger charge is -2.48. The van der Waals surface area contributed by atoms with Crippen molar-refractivity contribution in [3.8, 4) is 0 Å². The first kappa shape index (κ1) is 16.4. The summed E-state index contributed by atoms with van der Waals surface area (Å²) >= 11 is 0. The Balaban J connectivity index is 1.76. The molecule has 0 spiro atoms. The predicted octanol–water partition coefficient (Wildman–Crippen LogP) is 1.81. The van der Waals surface area contributed by atoms with E-state index in [-0.39, 0.29) is 17.9 Å². The van der Waals surface area contributed by atoms with Crippen molar-refractivity contribution in [1.29, 1.82) is 0 Å². The maximum atomic E-state index is 11.4. The summed E-state index contributed by atoms with van der Waals surface area (Å²) in [5.41, 5.74) is 1.31. The van der Waals surface area contributed by atoms with Gasteiger partial charge in [0.2, 0.25) is 5.91 Å². The number of fused-ring (bicyclic) bond motifs is 1. The standard InChI is InChI=1S/C18H25NO4/c1-11(20)19-16-17(21)14-10-13(12-6-4-3-5-7-12)8-9-15(14)23-18(16)22-2/h3-7,13-18,21H,8-10H2,1-2H3,(H,19,20)/t13-,14-,15+,16+,17-,18+/m0/s1. The van der Waals surface area contributed by atoms with Crippen molar-refractivity contribution in [3.63, 3.8) is 0 Å². The van der Waals surface area contributed by atoms with Crippen LogP contribution in [0.25, 0.3) is 0 Å². The van der Waals surface area contributed by atoms with Crippen LogP contribution in [-0.2, 0) is 14.3 Å². The second-order valence-corrected chi connectivity index (χ2v) is 6.58. The molecule has 2 fully saturated rings. The van der Waals surface area contributed by atoms with Crippen LogP contribution in [0.1, 0.15) is 37.7 Å². The molecule has 0 radical (unpaired) electrons. The van der Waals surface area contributed by atoms with Crippen molar-refractivity contribution in [2.75, 3.05) is 7.11 Å². The summed E-state index contributed by atoms with van der Waals surface area (Å²) in [6.07, 6.45) is 1.53. The molecule has 1 saturated carbocycles. The van der Waals surface area contributed by atoms with E-state index in [9.17, 15) is 9.90 Å². The molecule has 0 aromatic heterocycles. The highest BCUT2D eigenvalue weighted by Gasteiger charge is 2.48. The third-order valence-electron chi connectivity index (χ3n) is 5.12. The third kappa shape index (κ3) is 3.42. The van der Waals surface area contributed by atoms with E-state index in [1.165, 1.54) is 12.5 Å². The Kier molecular flexibility index (Phi) is 4.99. The monoisotopic (exact) mass is 319 g/mol. The SMILES string of the molecule is CO[C@@H]1O[C@@H]2CC[C@H](c3ccccc3)C[C@@H]2[C@H](O)[C@H]1NC(C)=O. The van der Waals surface area contributed by atoms with Crippen molar-refractivity contribution < 1.29 is 19.4 Å². The van der Waals surface area contributed by atoms with Crippen molar-refractivity contribution in [2.24, 2.45) is 5.92 Å². The molecule has 23 heavy (non-hydrogen) atoms. The minimum absolute atomic E-state index is 0.0113. The number of aliphatic hydroxyl groups excluding tert-OH is 1. The van der Waals surface area contributed by atoms with Gasteiger partial charge < -0.3 is 19.9 Å². The number of ether oxygens (including phenoxy) is 2. The first-order valence-electron chi connectivity index (χ1n) is 8.28. The van der Waals surface area contributed by atoms with Crippen molar-refractivity contribution in [2.45, 2.75) is 56.6 Å². The van der Waals surface area contributed by atoms with E-state index in [2.05, 4.69) is 29.6 Å². The number of nitrogens with one attached hydrogen (secondary N) is 1. The lowest BCUT2D eigenvalue weighted by atomic mass is 9.71. The molecule has 1 saturated heterocycles. The highest BCUT2D eigenvalue weighted by molar-refractivity contribution is 5.73. The molecule has 2 N–H and O–H groups in total. The summed E-state index contributed by atoms with van der Waals surface area (Å²) in [4.78, 5) is 11.4. The van der Waals surface area contributed by atoms with Crippen molar-refractivity contribution >= 4 is 5.91 Å². The lowest BCUT2D eigenvalue weighted by Crippen LogP contribution is -2.62. The zero-order chi connectivity index (χ0) is 16.4. The molecular weight excluding hydrogens is 294 g/mol. The molecule has 0 unspecified atom stereocenters. The summed E-state index contributed by atoms with van der Waals surface area (Å²) in [5.74, 6) is 0.249. The zero-order valence-corrected chi connectivity index (χ0v) is 13.6. The van der Waals surface area contributed by atoms with Crippen LogP contribution in [0.4, 0.5) is 0 Å². The minimum atomic E-state index is -0.658. The van der Waals surface area contributed by atoms with Gasteiger partial charge in [0.05, 0.1) is 12.2 Å². The Bertz CT molecular complexity index is 535. The summed E-state index contributed by atoms with van der Waals surface area (Å²) in [7, 11) is 1.54. The van der Waals surface area contributed by atoms with Gasteiger partial charge in [-0.25, -0.2) is 0 Å². The maximum absolute atomic E-state index is 11.4. The number of carbonyl (C=O) groups is 1. The van der Waals surface area contributed by atoms with Gasteiger partial charge in [-0.2, -0.15) is 0 Å². The molecule has 1 aromatic carbocycles. The van der Waals surface area contributed by atoms with E-state index in [0.29, 0.717) is 5.92 Å². The summed E-state index contributed by atoms with van der Waals surface area (Å²) < 4.78 is 11.3. The molecule has 0 bridgehead atoms. The van der Waals surface area contributed by atoms with Gasteiger partial charge >= 0.3 is 0 Å². The summed E-state index contributed by atoms with van der Waals surface area (Å²) in [6, 6.07) is 9.89. The molecule has 5 nitrogen and oxygen atoms in total. The van der Waals surface area contributed by atoms with Crippen LogP contribution >= 0.6 is 0 Å². The molecule has 1 aromatic rings. The highest BCUT2D eigenvalue weighted by Crippen LogP contribution is 2.42. The van der Waals surface area contributed by atoms with Gasteiger partial charge in [-0.05, 0) is 30.7 Å². The van der Waals surface area contributed by atoms with Crippen LogP contribution in [0.3, 0.4) is 0 Å². The minimum Gasteiger partial charge on any atom is -0.390 e. The molecule has 1 amide bonds. The Morgan fingerprint density at radius 2 is 2.04 bits per heavy atom. The smallest absolute Gasteiger partial charge is 0.217 e. The Hall–Kier alpha value is -1.43. The largest absolute Gasteiger partial charge is 0.390 e. The average Bonchev–Trinajstić information content (AvgIpc) is 2.57. The Morgan fingerprint density at radius 3 is 2.70 bits per heavy atom. The fourth-order valence-electron chi connectivity index (χ4n) is 4.01. The van der Waals surface area contributed by atoms with Gasteiger partial charge in [-0.1, -0.05) is 30.3 Å². The van der Waals surface area contributed by atoms with E-state index in [4.69, 9.17) is 9.47 Å². The van der Waals surface area contributed by atoms with Gasteiger partial charge in [-0.15, -0.1) is 0 Å². The molecule has 1 aliphatic heterocycles. The molecule has 1 aliphatic carbocycles. The van der Waals surface area contributed by atoms with E-state index in [1.54, 1.807) is 7.11 Å². The number of hydrogen-bond donors (Lipinski definition) is 2. The molecular formula is C18H25NO4. The van der Waals surface area contributed by atoms with Gasteiger partial charge in [0.1, 0.15) is 6.04 Å². The topological polar surface area (TPSA) is 67.8 Å². The van der Waals surface area contributed by atoms with Gasteiger partial charge in [0.25, 0.3) is 0 Å². The Morgan fingerprint density at radius 1 is 1.30 bits per heavy atom. The fourth-order valence-corrected chi connectivity index (χ4v) is 4.01. The number of methoxy groups -OCH3 is 1. The highest BCUT2D eigenvalue weighted by atomic mass is 16.7. The first-order chi connectivity index (χ1) is 11.1. The molecule has 2 aliphatic rings. The fraction of sp³-hybridized carbons (Fsp3) is 0.611. The maximum Gasteiger partial charge on any atom is 0.217 e. The second-order valence-electron chi connectivity index (χ2n) is 6.58. The van der Waals surface area contributed by atoms with Crippen molar-refractivity contribution in [3.05, 3.63) is 35.9 Å². The number of aliphatic hydroxyl groups is 1. The number of carbonyl (C=O) groups excluding carboxylic acids is 1. The van der Waals surface area contributed by atoms with Crippen LogP contribution in [0.5, 0.6) is 0 Å². The zero-order valence-electron chi connectivity index (χ0n) is 13.6. The number of rotatable bonds is 3. The predicted molar refractivity (Wildman–Crippen MR) is 85.8 cm³/mol. The van der Waals surface area contributed by atoms with E-state index in [1.807, 2.05) is 6.07 Å². The van der Waals surface area contributed by atoms with Crippen LogP contribution in [0, 0.1) is 5.92 Å². The summed E-state index contributed by atoms with van der Waals surface area (Å²) in [5, 5.41) is 13.6. The van der Waals surface area contributed by atoms with Gasteiger partial charge in [-0.3, -0.25) is 4.79 Å². The quantitative estimate of drug-likeness (QED) is 0.891. The third-order valence-corrected chi connectivity index (χ3v) is 5.12. The Labute approximate surface area is 137 Å². The number of benzene rings is 1. The molecule has 3 rings (SSSR count). The van der Waals surface area contributed by atoms with Crippen molar-refractivity contribution in [1.82, 2.24) is 5.32 Å². The molecule has 1 heterocycles. The van der Waals surface area contributed by atoms with E-state index in [0.717, 1.165) is 19.3 Å². The molecule has 126 valence electrons. The number of hydrogen-bond acceptors (Lipinski definition) is 4. The van der Waals surface area contributed by atoms with Crippen LogP contribution < -0.4 is 5.32 Å². The second kappa shape index (κ2) is 6.99. The van der Waals surface area contributed by atoms with E-state index >= 15 is 0 Å². The van der Waals surface area contributed by atoms with Crippen LogP contribution in [-0.4, -0.2) is 42.7 Å².